The standard InChI is InChI=1S/C17H25N3O5S.ClH/c1-14(21)15-3-5-16(6-4-15)26(23,24)20-10-8-19(9-11-20)17(22)13-18-7-12-25-2;/h3-6,18H,7-13H2,1-2H3;1H. The summed E-state index contributed by atoms with van der Waals surface area (Å²) in [6, 6.07) is 5.92. The lowest BCUT2D eigenvalue weighted by atomic mass is 10.2. The number of amides is 1. The molecule has 0 bridgehead atoms. The van der Waals surface area contributed by atoms with Gasteiger partial charge < -0.3 is 15.0 Å². The number of rotatable bonds is 8. The van der Waals surface area contributed by atoms with Crippen molar-refractivity contribution in [2.45, 2.75) is 11.8 Å². The Kier molecular flexibility index (Phi) is 9.34. The van der Waals surface area contributed by atoms with Crippen molar-refractivity contribution in [1.29, 1.82) is 0 Å². The van der Waals surface area contributed by atoms with E-state index in [-0.39, 0.29) is 48.6 Å². The zero-order valence-electron chi connectivity index (χ0n) is 15.5. The Labute approximate surface area is 166 Å². The fourth-order valence-electron chi connectivity index (χ4n) is 2.67. The molecule has 0 aromatic heterocycles. The molecule has 1 aromatic carbocycles. The third kappa shape index (κ3) is 6.25. The molecule has 0 spiro atoms. The lowest BCUT2D eigenvalue weighted by Crippen LogP contribution is -2.52. The fraction of sp³-hybridized carbons (Fsp3) is 0.529. The SMILES string of the molecule is COCCNCC(=O)N1CCN(S(=O)(=O)c2ccc(C(C)=O)cc2)CC1.Cl. The summed E-state index contributed by atoms with van der Waals surface area (Å²) in [5.74, 6) is -0.163. The Morgan fingerprint density at radius 2 is 1.70 bits per heavy atom. The second-order valence-electron chi connectivity index (χ2n) is 6.04. The number of methoxy groups -OCH3 is 1. The summed E-state index contributed by atoms with van der Waals surface area (Å²) in [5, 5.41) is 2.99. The highest BCUT2D eigenvalue weighted by molar-refractivity contribution is 7.89. The molecule has 1 saturated heterocycles. The first-order chi connectivity index (χ1) is 12.4. The average Bonchev–Trinajstić information content (AvgIpc) is 2.65. The quantitative estimate of drug-likeness (QED) is 0.483. The molecule has 0 radical (unpaired) electrons. The number of hydrogen-bond donors (Lipinski definition) is 1. The van der Waals surface area contributed by atoms with E-state index in [2.05, 4.69) is 5.32 Å². The minimum atomic E-state index is -3.63. The number of ketones is 1. The highest BCUT2D eigenvalue weighted by Crippen LogP contribution is 2.18. The third-order valence-electron chi connectivity index (χ3n) is 4.25. The van der Waals surface area contributed by atoms with Crippen LogP contribution in [0.2, 0.25) is 0 Å². The van der Waals surface area contributed by atoms with E-state index < -0.39 is 10.0 Å². The van der Waals surface area contributed by atoms with E-state index in [0.29, 0.717) is 31.8 Å². The van der Waals surface area contributed by atoms with Gasteiger partial charge in [0.25, 0.3) is 0 Å². The van der Waals surface area contributed by atoms with Gasteiger partial charge in [-0.15, -0.1) is 12.4 Å². The second-order valence-corrected chi connectivity index (χ2v) is 7.97. The van der Waals surface area contributed by atoms with Crippen LogP contribution in [0.1, 0.15) is 17.3 Å². The normalized spacial score (nSPS) is 15.3. The minimum Gasteiger partial charge on any atom is -0.383 e. The summed E-state index contributed by atoms with van der Waals surface area (Å²) in [6.07, 6.45) is 0. The summed E-state index contributed by atoms with van der Waals surface area (Å²) < 4.78 is 31.7. The van der Waals surface area contributed by atoms with Gasteiger partial charge in [-0.25, -0.2) is 8.42 Å². The fourth-order valence-corrected chi connectivity index (χ4v) is 4.09. The number of carbonyl (C=O) groups excluding carboxylic acids is 2. The summed E-state index contributed by atoms with van der Waals surface area (Å²) in [7, 11) is -2.03. The van der Waals surface area contributed by atoms with Crippen LogP contribution >= 0.6 is 12.4 Å². The molecule has 1 aromatic rings. The van der Waals surface area contributed by atoms with Crippen LogP contribution in [0, 0.1) is 0 Å². The van der Waals surface area contributed by atoms with Crippen LogP contribution in [0.3, 0.4) is 0 Å². The Balaban J connectivity index is 0.00000364. The van der Waals surface area contributed by atoms with Crippen molar-refractivity contribution in [2.24, 2.45) is 0 Å². The first-order valence-corrected chi connectivity index (χ1v) is 9.89. The summed E-state index contributed by atoms with van der Waals surface area (Å²) in [5.41, 5.74) is 0.473. The average molecular weight is 420 g/mol. The Bertz CT molecular complexity index is 731. The van der Waals surface area contributed by atoms with Crippen LogP contribution < -0.4 is 5.32 Å². The third-order valence-corrected chi connectivity index (χ3v) is 6.16. The van der Waals surface area contributed by atoms with Crippen LogP contribution in [0.25, 0.3) is 0 Å². The van der Waals surface area contributed by atoms with E-state index in [1.165, 1.54) is 35.5 Å². The number of halogens is 1. The Hall–Kier alpha value is -1.52. The zero-order valence-corrected chi connectivity index (χ0v) is 17.1. The van der Waals surface area contributed by atoms with E-state index in [4.69, 9.17) is 4.74 Å². The summed E-state index contributed by atoms with van der Waals surface area (Å²) >= 11 is 0. The molecule has 0 aliphatic carbocycles. The molecule has 0 unspecified atom stereocenters. The predicted octanol–water partition coefficient (Wildman–Crippen LogP) is 0.380. The van der Waals surface area contributed by atoms with Gasteiger partial charge in [0.05, 0.1) is 18.0 Å². The van der Waals surface area contributed by atoms with Crippen molar-refractivity contribution in [2.75, 3.05) is 53.0 Å². The van der Waals surface area contributed by atoms with Crippen LogP contribution in [0.4, 0.5) is 0 Å². The number of carbonyl (C=O) groups is 2. The molecule has 1 heterocycles. The number of nitrogens with zero attached hydrogens (tertiary/aromatic N) is 2. The van der Waals surface area contributed by atoms with Crippen molar-refractivity contribution in [3.8, 4) is 0 Å². The van der Waals surface area contributed by atoms with Gasteiger partial charge in [0.2, 0.25) is 15.9 Å². The maximum absolute atomic E-state index is 12.7. The van der Waals surface area contributed by atoms with Crippen LogP contribution in [0.5, 0.6) is 0 Å². The van der Waals surface area contributed by atoms with Gasteiger partial charge in [0, 0.05) is 45.4 Å². The van der Waals surface area contributed by atoms with E-state index in [9.17, 15) is 18.0 Å². The summed E-state index contributed by atoms with van der Waals surface area (Å²) in [4.78, 5) is 25.2. The first kappa shape index (κ1) is 23.5. The second kappa shape index (κ2) is 10.7. The largest absolute Gasteiger partial charge is 0.383 e. The molecule has 0 atom stereocenters. The monoisotopic (exact) mass is 419 g/mol. The van der Waals surface area contributed by atoms with E-state index in [0.717, 1.165) is 0 Å². The predicted molar refractivity (Wildman–Crippen MR) is 104 cm³/mol. The van der Waals surface area contributed by atoms with Crippen LogP contribution in [-0.2, 0) is 19.6 Å². The molecule has 10 heteroatoms. The molecule has 0 saturated carbocycles. The molecule has 8 nitrogen and oxygen atoms in total. The number of benzene rings is 1. The highest BCUT2D eigenvalue weighted by atomic mass is 35.5. The van der Waals surface area contributed by atoms with E-state index in [1.807, 2.05) is 0 Å². The van der Waals surface area contributed by atoms with Gasteiger partial charge in [0.15, 0.2) is 5.78 Å². The zero-order chi connectivity index (χ0) is 19.2. The Morgan fingerprint density at radius 3 is 2.22 bits per heavy atom. The van der Waals surface area contributed by atoms with Gasteiger partial charge in [-0.3, -0.25) is 9.59 Å². The van der Waals surface area contributed by atoms with Crippen molar-refractivity contribution in [3.63, 3.8) is 0 Å². The topological polar surface area (TPSA) is 96.0 Å². The summed E-state index contributed by atoms with van der Waals surface area (Å²) in [6.45, 7) is 3.98. The van der Waals surface area contributed by atoms with Gasteiger partial charge >= 0.3 is 0 Å². The molecular formula is C17H26ClN3O5S. The van der Waals surface area contributed by atoms with Crippen molar-refractivity contribution in [3.05, 3.63) is 29.8 Å². The van der Waals surface area contributed by atoms with Gasteiger partial charge in [0.1, 0.15) is 0 Å². The maximum Gasteiger partial charge on any atom is 0.243 e. The van der Waals surface area contributed by atoms with E-state index in [1.54, 1.807) is 12.0 Å². The molecule has 1 N–H and O–H groups in total. The number of sulfonamides is 1. The number of ether oxygens (including phenoxy) is 1. The molecule has 152 valence electrons. The highest BCUT2D eigenvalue weighted by Gasteiger charge is 2.29. The molecule has 27 heavy (non-hydrogen) atoms. The van der Waals surface area contributed by atoms with Gasteiger partial charge in [-0.2, -0.15) is 4.31 Å². The van der Waals surface area contributed by atoms with Crippen molar-refractivity contribution >= 4 is 34.1 Å². The first-order valence-electron chi connectivity index (χ1n) is 8.45. The molecule has 1 aliphatic rings. The maximum atomic E-state index is 12.7. The smallest absolute Gasteiger partial charge is 0.243 e. The molecule has 1 aliphatic heterocycles. The van der Waals surface area contributed by atoms with Crippen LogP contribution in [-0.4, -0.2) is 82.3 Å². The molecular weight excluding hydrogens is 394 g/mol. The van der Waals surface area contributed by atoms with Crippen molar-refractivity contribution < 1.29 is 22.7 Å². The number of hydrogen-bond acceptors (Lipinski definition) is 6. The minimum absolute atomic E-state index is 0. The molecule has 2 rings (SSSR count). The number of Topliss-reactive ketones (excluding diaryl/α,β-unsaturated/α-hetero) is 1. The van der Waals surface area contributed by atoms with Crippen LogP contribution in [0.15, 0.2) is 29.2 Å². The molecule has 1 amide bonds. The van der Waals surface area contributed by atoms with Crippen molar-refractivity contribution in [1.82, 2.24) is 14.5 Å². The Morgan fingerprint density at radius 1 is 1.11 bits per heavy atom. The number of nitrogens with one attached hydrogen (secondary N) is 1. The number of piperazine rings is 1. The van der Waals surface area contributed by atoms with Gasteiger partial charge in [-0.05, 0) is 19.1 Å². The molecule has 1 fully saturated rings. The lowest BCUT2D eigenvalue weighted by Gasteiger charge is -2.34. The van der Waals surface area contributed by atoms with Gasteiger partial charge in [-0.1, -0.05) is 12.1 Å². The van der Waals surface area contributed by atoms with E-state index >= 15 is 0 Å². The lowest BCUT2D eigenvalue weighted by molar-refractivity contribution is -0.131.